The summed E-state index contributed by atoms with van der Waals surface area (Å²) in [6.45, 7) is 0.167. The summed E-state index contributed by atoms with van der Waals surface area (Å²) in [5.74, 6) is -0.478. The summed E-state index contributed by atoms with van der Waals surface area (Å²) in [6, 6.07) is 0. The van der Waals surface area contributed by atoms with Crippen LogP contribution in [0.25, 0.3) is 0 Å². The average Bonchev–Trinajstić information content (AvgIpc) is 2.67. The number of ether oxygens (including phenoxy) is 1. The van der Waals surface area contributed by atoms with E-state index >= 15 is 0 Å². The predicted molar refractivity (Wildman–Crippen MR) is 57.5 cm³/mol. The van der Waals surface area contributed by atoms with Gasteiger partial charge in [-0.1, -0.05) is 12.8 Å². The Morgan fingerprint density at radius 3 is 2.47 bits per heavy atom. The van der Waals surface area contributed by atoms with E-state index < -0.39 is 9.84 Å². The largest absolute Gasteiger partial charge is 0.384 e. The van der Waals surface area contributed by atoms with Crippen molar-refractivity contribution < 1.29 is 17.9 Å². The Balaban J connectivity index is 2.42. The Bertz CT molecular complexity index is 301. The quantitative estimate of drug-likeness (QED) is 0.682. The van der Waals surface area contributed by atoms with Crippen LogP contribution < -0.4 is 0 Å². The first-order valence-corrected chi connectivity index (χ1v) is 7.09. The number of carbonyl (C=O) groups excluding carboxylic acids is 1. The highest BCUT2D eigenvalue weighted by atomic mass is 32.2. The highest BCUT2D eigenvalue weighted by Gasteiger charge is 2.26. The van der Waals surface area contributed by atoms with E-state index in [2.05, 4.69) is 0 Å². The number of sulfone groups is 1. The van der Waals surface area contributed by atoms with E-state index in [1.165, 1.54) is 7.11 Å². The number of carbonyl (C=O) groups is 1. The Hall–Kier alpha value is -0.420. The minimum Gasteiger partial charge on any atom is -0.384 e. The van der Waals surface area contributed by atoms with Gasteiger partial charge in [-0.05, 0) is 12.8 Å². The van der Waals surface area contributed by atoms with Crippen molar-refractivity contribution in [2.75, 3.05) is 25.2 Å². The molecule has 1 aliphatic rings. The van der Waals surface area contributed by atoms with Gasteiger partial charge in [0.25, 0.3) is 0 Å². The molecule has 0 radical (unpaired) electrons. The van der Waals surface area contributed by atoms with Gasteiger partial charge in [0.2, 0.25) is 0 Å². The summed E-state index contributed by atoms with van der Waals surface area (Å²) in [5.41, 5.74) is 0. The van der Waals surface area contributed by atoms with Gasteiger partial charge in [0, 0.05) is 13.0 Å². The minimum atomic E-state index is -3.25. The third kappa shape index (κ3) is 4.30. The van der Waals surface area contributed by atoms with Crippen molar-refractivity contribution in [1.29, 1.82) is 0 Å². The second-order valence-electron chi connectivity index (χ2n) is 4.03. The van der Waals surface area contributed by atoms with Gasteiger partial charge in [0.05, 0.1) is 12.4 Å². The summed E-state index contributed by atoms with van der Waals surface area (Å²) in [5, 5.41) is 0. The third-order valence-electron chi connectivity index (χ3n) is 2.77. The van der Waals surface area contributed by atoms with Gasteiger partial charge in [-0.25, -0.2) is 8.42 Å². The molecule has 0 spiro atoms. The lowest BCUT2D eigenvalue weighted by atomic mass is 10.0. The van der Waals surface area contributed by atoms with Crippen molar-refractivity contribution in [1.82, 2.24) is 0 Å². The lowest BCUT2D eigenvalue weighted by Crippen LogP contribution is -2.25. The Morgan fingerprint density at radius 2 is 1.93 bits per heavy atom. The zero-order valence-corrected chi connectivity index (χ0v) is 9.88. The lowest BCUT2D eigenvalue weighted by molar-refractivity contribution is -0.120. The van der Waals surface area contributed by atoms with Gasteiger partial charge in [-0.15, -0.1) is 0 Å². The molecule has 0 N–H and O–H groups in total. The normalized spacial score (nSPS) is 18.2. The van der Waals surface area contributed by atoms with Crippen molar-refractivity contribution in [3.8, 4) is 0 Å². The van der Waals surface area contributed by atoms with Crippen LogP contribution in [0, 0.1) is 5.92 Å². The van der Waals surface area contributed by atoms with Gasteiger partial charge >= 0.3 is 0 Å². The highest BCUT2D eigenvalue weighted by molar-refractivity contribution is 7.92. The zero-order chi connectivity index (χ0) is 11.3. The molecule has 0 heterocycles. The van der Waals surface area contributed by atoms with E-state index in [4.69, 9.17) is 4.74 Å². The first-order valence-electron chi connectivity index (χ1n) is 5.27. The Labute approximate surface area is 90.9 Å². The molecule has 0 amide bonds. The molecular weight excluding hydrogens is 216 g/mol. The van der Waals surface area contributed by atoms with Crippen LogP contribution in [-0.2, 0) is 19.4 Å². The van der Waals surface area contributed by atoms with Crippen LogP contribution in [0.5, 0.6) is 0 Å². The Morgan fingerprint density at radius 1 is 1.33 bits per heavy atom. The SMILES string of the molecule is COCCS(=O)(=O)CC(=O)C1CCCC1. The first kappa shape index (κ1) is 12.6. The molecular formula is C10H18O4S. The average molecular weight is 234 g/mol. The molecule has 0 aromatic heterocycles. The molecule has 0 saturated heterocycles. The molecule has 0 aromatic rings. The van der Waals surface area contributed by atoms with Crippen molar-refractivity contribution in [3.05, 3.63) is 0 Å². The summed E-state index contributed by atoms with van der Waals surface area (Å²) in [7, 11) is -1.80. The van der Waals surface area contributed by atoms with Crippen LogP contribution in [0.3, 0.4) is 0 Å². The van der Waals surface area contributed by atoms with E-state index in [-0.39, 0.29) is 29.8 Å². The number of methoxy groups -OCH3 is 1. The standard InChI is InChI=1S/C10H18O4S/c1-14-6-7-15(12,13)8-10(11)9-4-2-3-5-9/h9H,2-8H2,1H3. The van der Waals surface area contributed by atoms with Crippen LogP contribution in [0.4, 0.5) is 0 Å². The fraction of sp³-hybridized carbons (Fsp3) is 0.900. The maximum absolute atomic E-state index is 11.6. The molecule has 1 fully saturated rings. The minimum absolute atomic E-state index is 0.0117. The number of hydrogen-bond donors (Lipinski definition) is 0. The summed E-state index contributed by atoms with van der Waals surface area (Å²) in [6.07, 6.45) is 3.82. The molecule has 1 rings (SSSR count). The van der Waals surface area contributed by atoms with Crippen molar-refractivity contribution in [3.63, 3.8) is 0 Å². The van der Waals surface area contributed by atoms with Crippen LogP contribution in [-0.4, -0.2) is 39.4 Å². The topological polar surface area (TPSA) is 60.4 Å². The van der Waals surface area contributed by atoms with Gasteiger partial charge in [0.1, 0.15) is 5.75 Å². The van der Waals surface area contributed by atoms with Crippen molar-refractivity contribution >= 4 is 15.6 Å². The molecule has 5 heteroatoms. The zero-order valence-electron chi connectivity index (χ0n) is 9.07. The fourth-order valence-electron chi connectivity index (χ4n) is 1.86. The van der Waals surface area contributed by atoms with E-state index in [1.54, 1.807) is 0 Å². The summed E-state index contributed by atoms with van der Waals surface area (Å²) >= 11 is 0. The molecule has 0 aromatic carbocycles. The molecule has 0 unspecified atom stereocenters. The van der Waals surface area contributed by atoms with Crippen LogP contribution >= 0.6 is 0 Å². The van der Waals surface area contributed by atoms with Crippen molar-refractivity contribution in [2.24, 2.45) is 5.92 Å². The molecule has 1 aliphatic carbocycles. The molecule has 15 heavy (non-hydrogen) atoms. The number of rotatable bonds is 6. The van der Waals surface area contributed by atoms with Crippen molar-refractivity contribution in [2.45, 2.75) is 25.7 Å². The van der Waals surface area contributed by atoms with E-state index in [0.717, 1.165) is 25.7 Å². The van der Waals surface area contributed by atoms with Gasteiger partial charge in [0.15, 0.2) is 15.6 Å². The van der Waals surface area contributed by atoms with E-state index in [0.29, 0.717) is 0 Å². The predicted octanol–water partition coefficient (Wildman–Crippen LogP) is 0.807. The maximum atomic E-state index is 11.6. The van der Waals surface area contributed by atoms with Crippen LogP contribution in [0.1, 0.15) is 25.7 Å². The maximum Gasteiger partial charge on any atom is 0.159 e. The lowest BCUT2D eigenvalue weighted by Gasteiger charge is -2.08. The molecule has 0 aliphatic heterocycles. The summed E-state index contributed by atoms with van der Waals surface area (Å²) in [4.78, 5) is 11.6. The van der Waals surface area contributed by atoms with E-state index in [9.17, 15) is 13.2 Å². The Kier molecular flexibility index (Phi) is 4.73. The van der Waals surface area contributed by atoms with Gasteiger partial charge in [-0.2, -0.15) is 0 Å². The third-order valence-corrected chi connectivity index (χ3v) is 4.28. The monoisotopic (exact) mass is 234 g/mol. The summed E-state index contributed by atoms with van der Waals surface area (Å²) < 4.78 is 27.6. The first-order chi connectivity index (χ1) is 7.05. The number of Topliss-reactive ketones (excluding diaryl/α,β-unsaturated/α-hetero) is 1. The molecule has 0 bridgehead atoms. The number of ketones is 1. The van der Waals surface area contributed by atoms with Crippen LogP contribution in [0.15, 0.2) is 0 Å². The second-order valence-corrected chi connectivity index (χ2v) is 6.22. The molecule has 88 valence electrons. The van der Waals surface area contributed by atoms with Gasteiger partial charge < -0.3 is 4.74 Å². The molecule has 4 nitrogen and oxygen atoms in total. The fourth-order valence-corrected chi connectivity index (χ4v) is 3.10. The van der Waals surface area contributed by atoms with Crippen LogP contribution in [0.2, 0.25) is 0 Å². The number of hydrogen-bond acceptors (Lipinski definition) is 4. The van der Waals surface area contributed by atoms with E-state index in [1.807, 2.05) is 0 Å². The molecule has 1 saturated carbocycles. The van der Waals surface area contributed by atoms with Gasteiger partial charge in [-0.3, -0.25) is 4.79 Å². The molecule has 0 atom stereocenters. The highest BCUT2D eigenvalue weighted by Crippen LogP contribution is 2.25. The second kappa shape index (κ2) is 5.61. The smallest absolute Gasteiger partial charge is 0.159 e.